The van der Waals surface area contributed by atoms with Gasteiger partial charge in [-0.25, -0.2) is 4.98 Å². The van der Waals surface area contributed by atoms with Crippen molar-refractivity contribution in [3.63, 3.8) is 0 Å². The minimum Gasteiger partial charge on any atom is -0.325 e. The van der Waals surface area contributed by atoms with Crippen molar-refractivity contribution < 1.29 is 4.79 Å². The van der Waals surface area contributed by atoms with E-state index in [2.05, 4.69) is 5.32 Å². The molecule has 5 nitrogen and oxygen atoms in total. The van der Waals surface area contributed by atoms with E-state index in [9.17, 15) is 9.59 Å². The minimum absolute atomic E-state index is 0.0464. The largest absolute Gasteiger partial charge is 0.325 e. The molecular formula is C27H19Cl2N3O2S2. The molecule has 0 saturated heterocycles. The molecular weight excluding hydrogens is 533 g/mol. The monoisotopic (exact) mass is 551 g/mol. The van der Waals surface area contributed by atoms with Crippen LogP contribution in [0.5, 0.6) is 0 Å². The average molecular weight is 553 g/mol. The maximum atomic E-state index is 14.0. The molecule has 2 heterocycles. The SMILES string of the molecule is Cc1sc2nc(SCC(=O)Nc3cc(Cl)cc(Cl)c3)n(-c3ccccc3)c(=O)c2c1-c1ccccc1. The molecule has 0 aliphatic rings. The Labute approximate surface area is 225 Å². The number of carbonyl (C=O) groups excluding carboxylic acids is 1. The van der Waals surface area contributed by atoms with Crippen LogP contribution < -0.4 is 10.9 Å². The van der Waals surface area contributed by atoms with E-state index in [1.165, 1.54) is 23.1 Å². The zero-order valence-corrected chi connectivity index (χ0v) is 22.1. The molecule has 0 bridgehead atoms. The third-order valence-corrected chi connectivity index (χ3v) is 7.80. The van der Waals surface area contributed by atoms with Gasteiger partial charge < -0.3 is 5.32 Å². The number of fused-ring (bicyclic) bond motifs is 1. The van der Waals surface area contributed by atoms with Gasteiger partial charge in [0.2, 0.25) is 5.91 Å². The molecule has 9 heteroatoms. The lowest BCUT2D eigenvalue weighted by Gasteiger charge is -2.13. The normalized spacial score (nSPS) is 11.1. The van der Waals surface area contributed by atoms with Gasteiger partial charge in [0.25, 0.3) is 5.56 Å². The summed E-state index contributed by atoms with van der Waals surface area (Å²) in [5, 5.41) is 4.68. The van der Waals surface area contributed by atoms with Crippen LogP contribution in [-0.2, 0) is 4.79 Å². The Morgan fingerprint density at radius 1 is 1.00 bits per heavy atom. The highest BCUT2D eigenvalue weighted by atomic mass is 35.5. The van der Waals surface area contributed by atoms with Crippen LogP contribution in [-0.4, -0.2) is 21.2 Å². The summed E-state index contributed by atoms with van der Waals surface area (Å²) < 4.78 is 1.58. The van der Waals surface area contributed by atoms with E-state index >= 15 is 0 Å². The first-order chi connectivity index (χ1) is 17.4. The van der Waals surface area contributed by atoms with Crippen molar-refractivity contribution in [3.05, 3.63) is 104 Å². The molecule has 3 aromatic carbocycles. The lowest BCUT2D eigenvalue weighted by Crippen LogP contribution is -2.22. The number of halogens is 2. The van der Waals surface area contributed by atoms with Crippen molar-refractivity contribution in [2.24, 2.45) is 0 Å². The van der Waals surface area contributed by atoms with Crippen LogP contribution in [0.2, 0.25) is 10.0 Å². The molecule has 0 atom stereocenters. The van der Waals surface area contributed by atoms with Crippen molar-refractivity contribution in [2.75, 3.05) is 11.1 Å². The fourth-order valence-corrected chi connectivity index (χ4v) is 6.37. The molecule has 0 radical (unpaired) electrons. The van der Waals surface area contributed by atoms with E-state index < -0.39 is 0 Å². The zero-order valence-electron chi connectivity index (χ0n) is 19.0. The number of anilines is 1. The van der Waals surface area contributed by atoms with Gasteiger partial charge in [0.15, 0.2) is 5.16 Å². The number of nitrogens with zero attached hydrogens (tertiary/aromatic N) is 2. The smallest absolute Gasteiger partial charge is 0.268 e. The summed E-state index contributed by atoms with van der Waals surface area (Å²) in [6.07, 6.45) is 0. The molecule has 0 saturated carbocycles. The number of thioether (sulfide) groups is 1. The number of aromatic nitrogens is 2. The van der Waals surface area contributed by atoms with Crippen LogP contribution in [0, 0.1) is 6.92 Å². The standard InChI is InChI=1S/C27H19Cl2N3O2S2/c1-16-23(17-8-4-2-5-9-17)24-25(36-16)31-27(32(26(24)34)21-10-6-3-7-11-21)35-15-22(33)30-20-13-18(28)12-19(29)14-20/h2-14H,15H2,1H3,(H,30,33). The van der Waals surface area contributed by atoms with Crippen LogP contribution in [0.25, 0.3) is 27.0 Å². The Bertz CT molecular complexity index is 1610. The Kier molecular flexibility index (Phi) is 7.16. The first kappa shape index (κ1) is 24.6. The lowest BCUT2D eigenvalue weighted by molar-refractivity contribution is -0.113. The third kappa shape index (κ3) is 5.06. The Balaban J connectivity index is 1.55. The highest BCUT2D eigenvalue weighted by Gasteiger charge is 2.21. The number of para-hydroxylation sites is 1. The summed E-state index contributed by atoms with van der Waals surface area (Å²) in [4.78, 5) is 33.2. The minimum atomic E-state index is -0.264. The summed E-state index contributed by atoms with van der Waals surface area (Å²) in [6.45, 7) is 2.00. The van der Waals surface area contributed by atoms with E-state index in [0.29, 0.717) is 36.8 Å². The average Bonchev–Trinajstić information content (AvgIpc) is 3.19. The Morgan fingerprint density at radius 3 is 2.31 bits per heavy atom. The van der Waals surface area contributed by atoms with E-state index in [1.54, 1.807) is 22.8 Å². The van der Waals surface area contributed by atoms with Crippen molar-refractivity contribution in [3.8, 4) is 16.8 Å². The van der Waals surface area contributed by atoms with Gasteiger partial charge >= 0.3 is 0 Å². The molecule has 180 valence electrons. The third-order valence-electron chi connectivity index (χ3n) is 5.43. The number of carbonyl (C=O) groups is 1. The molecule has 5 rings (SSSR count). The van der Waals surface area contributed by atoms with Crippen LogP contribution >= 0.6 is 46.3 Å². The number of thiophene rings is 1. The van der Waals surface area contributed by atoms with Gasteiger partial charge in [-0.05, 0) is 42.8 Å². The summed E-state index contributed by atoms with van der Waals surface area (Å²) >= 11 is 14.8. The number of hydrogen-bond acceptors (Lipinski definition) is 5. The molecule has 0 spiro atoms. The molecule has 0 unspecified atom stereocenters. The van der Waals surface area contributed by atoms with Gasteiger partial charge in [0.1, 0.15) is 4.83 Å². The quantitative estimate of drug-likeness (QED) is 0.175. The number of benzene rings is 3. The van der Waals surface area contributed by atoms with Crippen LogP contribution in [0.3, 0.4) is 0 Å². The fraction of sp³-hybridized carbons (Fsp3) is 0.0741. The summed E-state index contributed by atoms with van der Waals surface area (Å²) in [7, 11) is 0. The highest BCUT2D eigenvalue weighted by Crippen LogP contribution is 2.37. The zero-order chi connectivity index (χ0) is 25.2. The first-order valence-electron chi connectivity index (χ1n) is 11.0. The maximum Gasteiger partial charge on any atom is 0.268 e. The van der Waals surface area contributed by atoms with Gasteiger partial charge in [0.05, 0.1) is 16.8 Å². The van der Waals surface area contributed by atoms with Gasteiger partial charge in [-0.3, -0.25) is 14.2 Å². The van der Waals surface area contributed by atoms with Crippen LogP contribution in [0.4, 0.5) is 5.69 Å². The van der Waals surface area contributed by atoms with Gasteiger partial charge in [-0.1, -0.05) is 83.5 Å². The molecule has 1 amide bonds. The molecule has 1 N–H and O–H groups in total. The molecule has 0 aliphatic heterocycles. The number of aryl methyl sites for hydroxylation is 1. The van der Waals surface area contributed by atoms with Gasteiger partial charge in [0, 0.05) is 26.2 Å². The first-order valence-corrected chi connectivity index (χ1v) is 13.5. The van der Waals surface area contributed by atoms with Crippen molar-refractivity contribution >= 4 is 68.1 Å². The highest BCUT2D eigenvalue weighted by molar-refractivity contribution is 7.99. The van der Waals surface area contributed by atoms with Crippen molar-refractivity contribution in [1.29, 1.82) is 0 Å². The molecule has 5 aromatic rings. The number of nitrogens with one attached hydrogen (secondary N) is 1. The van der Waals surface area contributed by atoms with Crippen LogP contribution in [0.1, 0.15) is 4.88 Å². The van der Waals surface area contributed by atoms with E-state index in [1.807, 2.05) is 67.6 Å². The molecule has 2 aromatic heterocycles. The number of hydrogen-bond donors (Lipinski definition) is 1. The van der Waals surface area contributed by atoms with E-state index in [4.69, 9.17) is 28.2 Å². The van der Waals surface area contributed by atoms with E-state index in [-0.39, 0.29) is 17.2 Å². The molecule has 36 heavy (non-hydrogen) atoms. The van der Waals surface area contributed by atoms with Crippen molar-refractivity contribution in [1.82, 2.24) is 9.55 Å². The maximum absolute atomic E-state index is 14.0. The summed E-state index contributed by atoms with van der Waals surface area (Å²) in [5.74, 6) is -0.218. The van der Waals surface area contributed by atoms with Crippen molar-refractivity contribution in [2.45, 2.75) is 12.1 Å². The lowest BCUT2D eigenvalue weighted by atomic mass is 10.0. The number of rotatable bonds is 6. The molecule has 0 aliphatic carbocycles. The molecule has 0 fully saturated rings. The Morgan fingerprint density at radius 2 is 1.64 bits per heavy atom. The van der Waals surface area contributed by atoms with Gasteiger partial charge in [-0.15, -0.1) is 11.3 Å². The number of amides is 1. The van der Waals surface area contributed by atoms with Crippen LogP contribution in [0.15, 0.2) is 88.8 Å². The predicted octanol–water partition coefficient (Wildman–Crippen LogP) is 7.46. The fourth-order valence-electron chi connectivity index (χ4n) is 3.95. The predicted molar refractivity (Wildman–Crippen MR) is 151 cm³/mol. The second kappa shape index (κ2) is 10.5. The topological polar surface area (TPSA) is 64.0 Å². The summed E-state index contributed by atoms with van der Waals surface area (Å²) in [5.41, 5.74) is 2.89. The van der Waals surface area contributed by atoms with Gasteiger partial charge in [-0.2, -0.15) is 0 Å². The Hall–Kier alpha value is -3.10. The second-order valence-electron chi connectivity index (χ2n) is 7.94. The second-order valence-corrected chi connectivity index (χ2v) is 11.0. The summed E-state index contributed by atoms with van der Waals surface area (Å²) in [6, 6.07) is 24.0. The van der Waals surface area contributed by atoms with E-state index in [0.717, 1.165) is 16.0 Å².